The number of rotatable bonds is 7. The normalized spacial score (nSPS) is 13.2. The molecular formula is C51H41N5OSe. The third-order valence-electron chi connectivity index (χ3n) is 10.8. The number of fused-ring (bicyclic) bond motifs is 3. The molecule has 2 aliphatic heterocycles. The number of hydrogen-bond donors (Lipinski definition) is 0. The van der Waals surface area contributed by atoms with E-state index in [9.17, 15) is 0 Å². The zero-order valence-corrected chi connectivity index (χ0v) is 34.3. The van der Waals surface area contributed by atoms with E-state index in [0.717, 1.165) is 40.0 Å². The summed E-state index contributed by atoms with van der Waals surface area (Å²) in [6.45, 7) is 7.51. The van der Waals surface area contributed by atoms with Crippen molar-refractivity contribution in [2.24, 2.45) is 0 Å². The molecule has 0 atom stereocenters. The van der Waals surface area contributed by atoms with Gasteiger partial charge in [0, 0.05) is 11.1 Å². The van der Waals surface area contributed by atoms with E-state index in [1.807, 2.05) is 36.7 Å². The fourth-order valence-electron chi connectivity index (χ4n) is 7.93. The molecule has 8 aromatic rings. The maximum atomic E-state index is 6.62. The van der Waals surface area contributed by atoms with Gasteiger partial charge in [0.05, 0.1) is 0 Å². The van der Waals surface area contributed by atoms with Gasteiger partial charge in [-0.05, 0) is 34.2 Å². The molecule has 0 amide bonds. The van der Waals surface area contributed by atoms with Crippen LogP contribution in [0.25, 0.3) is 22.3 Å². The van der Waals surface area contributed by atoms with Crippen molar-refractivity contribution in [3.8, 4) is 33.9 Å². The van der Waals surface area contributed by atoms with E-state index in [0.29, 0.717) is 12.5 Å². The minimum Gasteiger partial charge on any atom is -0.0622 e. The Hall–Kier alpha value is -6.66. The van der Waals surface area contributed by atoms with Crippen LogP contribution < -0.4 is 28.4 Å². The summed E-state index contributed by atoms with van der Waals surface area (Å²) in [6, 6.07) is 60.1. The first-order chi connectivity index (χ1) is 28.4. The van der Waals surface area contributed by atoms with Crippen molar-refractivity contribution in [1.29, 1.82) is 0 Å². The molecule has 0 saturated carbocycles. The number of ether oxygens (including phenoxy) is 1. The second kappa shape index (κ2) is 14.7. The number of nitrogens with zero attached hydrogens (tertiary/aromatic N) is 5. The molecule has 0 aliphatic carbocycles. The number of anilines is 7. The molecule has 0 unspecified atom stereocenters. The SMILES string of the molecule is CC(C)(C)c1cc(-c2ccccc2)c(N2CN(c3cccc(Oc4cc5c(cn4)[Se]c4ccccc4N5c4ccccn4)c3)c3ccccc32)c(-c2ccccc2)c1. The first-order valence-electron chi connectivity index (χ1n) is 19.6. The predicted octanol–water partition coefficient (Wildman–Crippen LogP) is 11.6. The molecule has 6 nitrogen and oxygen atoms in total. The summed E-state index contributed by atoms with van der Waals surface area (Å²) < 4.78 is 9.11. The standard InChI is InChI=1S/C51H41N5OSe/c1-51(2,3)37-29-40(35-17-6-4-7-18-35)50(41(30-37)36-19-8-5-9-20-36)55-34-54(42-23-10-11-24-43(42)55)38-21-16-22-39(31-38)57-49-32-45-47(33-53-49)58-46-26-13-12-25-44(46)56(45)48-27-14-15-28-52-48/h4-33H,34H2,1-3H3. The molecule has 6 aromatic carbocycles. The van der Waals surface area contributed by atoms with E-state index in [2.05, 4.69) is 181 Å². The van der Waals surface area contributed by atoms with Gasteiger partial charge in [-0.3, -0.25) is 0 Å². The summed E-state index contributed by atoms with van der Waals surface area (Å²) >= 11 is 0.103. The van der Waals surface area contributed by atoms with E-state index in [-0.39, 0.29) is 20.4 Å². The number of hydrogen-bond acceptors (Lipinski definition) is 6. The number of benzene rings is 6. The van der Waals surface area contributed by atoms with E-state index < -0.39 is 0 Å². The van der Waals surface area contributed by atoms with Gasteiger partial charge in [-0.15, -0.1) is 0 Å². The molecule has 2 aromatic heterocycles. The van der Waals surface area contributed by atoms with Crippen LogP contribution in [0.2, 0.25) is 0 Å². The molecule has 0 fully saturated rings. The average Bonchev–Trinajstić information content (AvgIpc) is 3.65. The van der Waals surface area contributed by atoms with Gasteiger partial charge in [0.25, 0.3) is 0 Å². The van der Waals surface area contributed by atoms with E-state index in [1.54, 1.807) is 0 Å². The van der Waals surface area contributed by atoms with E-state index in [4.69, 9.17) is 14.7 Å². The fourth-order valence-corrected chi connectivity index (χ4v) is 10.0. The minimum absolute atomic E-state index is 0.0457. The smallest absolute Gasteiger partial charge is 0.00638 e. The number of aromatic nitrogens is 2. The Morgan fingerprint density at radius 2 is 1.19 bits per heavy atom. The first-order valence-corrected chi connectivity index (χ1v) is 21.3. The van der Waals surface area contributed by atoms with Crippen molar-refractivity contribution in [2.45, 2.75) is 26.2 Å². The topological polar surface area (TPSA) is 44.7 Å². The van der Waals surface area contributed by atoms with Crippen LogP contribution in [0.5, 0.6) is 11.6 Å². The molecule has 2 aliphatic rings. The molecule has 0 spiro atoms. The van der Waals surface area contributed by atoms with Crippen molar-refractivity contribution in [3.05, 3.63) is 188 Å². The predicted molar refractivity (Wildman–Crippen MR) is 240 cm³/mol. The van der Waals surface area contributed by atoms with Crippen molar-refractivity contribution in [2.75, 3.05) is 21.4 Å². The van der Waals surface area contributed by atoms with Crippen LogP contribution in [-0.4, -0.2) is 31.6 Å². The minimum atomic E-state index is -0.0457. The fraction of sp³-hybridized carbons (Fsp3) is 0.0980. The summed E-state index contributed by atoms with van der Waals surface area (Å²) in [5.41, 5.74) is 12.8. The van der Waals surface area contributed by atoms with E-state index in [1.165, 1.54) is 42.4 Å². The largest absolute Gasteiger partial charge is 0.0622 e. The van der Waals surface area contributed by atoms with Crippen LogP contribution >= 0.6 is 0 Å². The van der Waals surface area contributed by atoms with Gasteiger partial charge >= 0.3 is 215 Å². The van der Waals surface area contributed by atoms with Crippen molar-refractivity contribution in [3.63, 3.8) is 0 Å². The zero-order chi connectivity index (χ0) is 39.2. The molecule has 0 saturated heterocycles. The Labute approximate surface area is 346 Å². The molecule has 0 bridgehead atoms. The maximum Gasteiger partial charge on any atom is 0.00638 e. The van der Waals surface area contributed by atoms with Crippen molar-refractivity contribution < 1.29 is 4.74 Å². The van der Waals surface area contributed by atoms with Gasteiger partial charge in [-0.1, -0.05) is 87.5 Å². The van der Waals surface area contributed by atoms with Gasteiger partial charge in [0.2, 0.25) is 0 Å². The van der Waals surface area contributed by atoms with Crippen LogP contribution in [0.3, 0.4) is 0 Å². The van der Waals surface area contributed by atoms with Crippen molar-refractivity contribution >= 4 is 63.8 Å². The van der Waals surface area contributed by atoms with Gasteiger partial charge in [-0.2, -0.15) is 0 Å². The Morgan fingerprint density at radius 3 is 1.86 bits per heavy atom. The summed E-state index contributed by atoms with van der Waals surface area (Å²) in [5, 5.41) is 0. The second-order valence-electron chi connectivity index (χ2n) is 15.6. The molecule has 0 radical (unpaired) electrons. The maximum absolute atomic E-state index is 6.62. The summed E-state index contributed by atoms with van der Waals surface area (Å²) in [4.78, 5) is 16.7. The Kier molecular flexibility index (Phi) is 9.05. The van der Waals surface area contributed by atoms with Crippen LogP contribution in [0.4, 0.5) is 39.9 Å². The third kappa shape index (κ3) is 6.58. The quantitative estimate of drug-likeness (QED) is 0.149. The monoisotopic (exact) mass is 819 g/mol. The Balaban J connectivity index is 1.04. The van der Waals surface area contributed by atoms with Gasteiger partial charge in [-0.25, -0.2) is 0 Å². The van der Waals surface area contributed by atoms with E-state index >= 15 is 0 Å². The summed E-state index contributed by atoms with van der Waals surface area (Å²) in [6.07, 6.45) is 3.81. The Morgan fingerprint density at radius 1 is 0.552 bits per heavy atom. The van der Waals surface area contributed by atoms with Crippen LogP contribution in [0.1, 0.15) is 26.3 Å². The molecule has 10 rings (SSSR count). The molecule has 4 heterocycles. The third-order valence-corrected chi connectivity index (χ3v) is 13.1. The molecule has 7 heteroatoms. The second-order valence-corrected chi connectivity index (χ2v) is 17.8. The molecular weight excluding hydrogens is 778 g/mol. The zero-order valence-electron chi connectivity index (χ0n) is 32.6. The van der Waals surface area contributed by atoms with Crippen LogP contribution in [-0.2, 0) is 5.41 Å². The van der Waals surface area contributed by atoms with Crippen LogP contribution in [0, 0.1) is 0 Å². The summed E-state index contributed by atoms with van der Waals surface area (Å²) in [5.74, 6) is 2.12. The van der Waals surface area contributed by atoms with Crippen molar-refractivity contribution in [1.82, 2.24) is 9.97 Å². The number of para-hydroxylation sites is 3. The average molecular weight is 819 g/mol. The van der Waals surface area contributed by atoms with Gasteiger partial charge < -0.3 is 0 Å². The Bertz CT molecular complexity index is 2710. The molecule has 58 heavy (non-hydrogen) atoms. The molecule has 282 valence electrons. The summed E-state index contributed by atoms with van der Waals surface area (Å²) in [7, 11) is 0. The first kappa shape index (κ1) is 35.7. The molecule has 0 N–H and O–H groups in total. The van der Waals surface area contributed by atoms with Gasteiger partial charge in [0.1, 0.15) is 0 Å². The number of pyridine rings is 2. The van der Waals surface area contributed by atoms with Crippen LogP contribution in [0.15, 0.2) is 182 Å². The van der Waals surface area contributed by atoms with Gasteiger partial charge in [0.15, 0.2) is 0 Å².